The minimum absolute atomic E-state index is 0.107. The maximum absolute atomic E-state index is 11.8. The maximum atomic E-state index is 11.8. The van der Waals surface area contributed by atoms with Crippen molar-refractivity contribution in [2.45, 2.75) is 13.8 Å². The van der Waals surface area contributed by atoms with E-state index in [-0.39, 0.29) is 12.4 Å². The molecule has 2 N–H and O–H groups in total. The smallest absolute Gasteiger partial charge is 0.277 e. The topological polar surface area (TPSA) is 70.9 Å². The molecule has 0 aliphatic rings. The van der Waals surface area contributed by atoms with Gasteiger partial charge in [0.05, 0.1) is 5.71 Å². The van der Waals surface area contributed by atoms with Gasteiger partial charge in [-0.2, -0.15) is 5.10 Å². The van der Waals surface area contributed by atoms with Crippen LogP contribution in [0.4, 0.5) is 0 Å². The lowest BCUT2D eigenvalue weighted by Gasteiger charge is -2.07. The number of benzene rings is 2. The summed E-state index contributed by atoms with van der Waals surface area (Å²) >= 11 is 5.93. The molecule has 23 heavy (non-hydrogen) atoms. The number of hydrogen-bond donors (Lipinski definition) is 2. The van der Waals surface area contributed by atoms with Crippen molar-refractivity contribution in [1.82, 2.24) is 5.43 Å². The zero-order valence-electron chi connectivity index (χ0n) is 12.8. The van der Waals surface area contributed by atoms with Crippen molar-refractivity contribution in [3.05, 3.63) is 58.6 Å². The Morgan fingerprint density at radius 3 is 2.74 bits per heavy atom. The first-order chi connectivity index (χ1) is 11.0. The third kappa shape index (κ3) is 4.72. The van der Waals surface area contributed by atoms with Crippen molar-refractivity contribution >= 4 is 23.2 Å². The Balaban J connectivity index is 1.91. The SMILES string of the molecule is CC(=NNC(=O)COc1ccc(Cl)c(C)c1)c1ccccc1O. The molecular weight excluding hydrogens is 316 g/mol. The first-order valence-electron chi connectivity index (χ1n) is 6.98. The van der Waals surface area contributed by atoms with Crippen LogP contribution in [0.2, 0.25) is 5.02 Å². The van der Waals surface area contributed by atoms with Crippen LogP contribution in [0.15, 0.2) is 47.6 Å². The van der Waals surface area contributed by atoms with Crippen molar-refractivity contribution in [2.75, 3.05) is 6.61 Å². The predicted octanol–water partition coefficient (Wildman–Crippen LogP) is 3.27. The molecular formula is C17H17ClN2O3. The van der Waals surface area contributed by atoms with Gasteiger partial charge < -0.3 is 9.84 Å². The summed E-state index contributed by atoms with van der Waals surface area (Å²) in [5, 5.41) is 14.3. The summed E-state index contributed by atoms with van der Waals surface area (Å²) in [5.41, 5.74) is 4.32. The van der Waals surface area contributed by atoms with Gasteiger partial charge in [-0.25, -0.2) is 5.43 Å². The highest BCUT2D eigenvalue weighted by atomic mass is 35.5. The van der Waals surface area contributed by atoms with Crippen LogP contribution in [-0.4, -0.2) is 23.3 Å². The molecule has 6 heteroatoms. The first-order valence-corrected chi connectivity index (χ1v) is 7.35. The molecule has 2 aromatic carbocycles. The van der Waals surface area contributed by atoms with Crippen molar-refractivity contribution in [3.8, 4) is 11.5 Å². The Morgan fingerprint density at radius 1 is 1.30 bits per heavy atom. The minimum Gasteiger partial charge on any atom is -0.507 e. The van der Waals surface area contributed by atoms with E-state index in [1.54, 1.807) is 49.4 Å². The molecule has 0 saturated carbocycles. The fourth-order valence-corrected chi connectivity index (χ4v) is 1.99. The predicted molar refractivity (Wildman–Crippen MR) is 90.1 cm³/mol. The van der Waals surface area contributed by atoms with Gasteiger partial charge in [-0.1, -0.05) is 23.7 Å². The monoisotopic (exact) mass is 332 g/mol. The van der Waals surface area contributed by atoms with Gasteiger partial charge in [0.15, 0.2) is 6.61 Å². The summed E-state index contributed by atoms with van der Waals surface area (Å²) in [5.74, 6) is 0.270. The van der Waals surface area contributed by atoms with E-state index in [4.69, 9.17) is 16.3 Å². The Labute approximate surface area is 139 Å². The minimum atomic E-state index is -0.396. The van der Waals surface area contributed by atoms with Crippen molar-refractivity contribution in [3.63, 3.8) is 0 Å². The lowest BCUT2D eigenvalue weighted by atomic mass is 10.1. The Kier molecular flexibility index (Phi) is 5.60. The van der Waals surface area contributed by atoms with Crippen LogP contribution in [-0.2, 0) is 4.79 Å². The molecule has 0 aliphatic carbocycles. The van der Waals surface area contributed by atoms with Gasteiger partial charge in [0, 0.05) is 10.6 Å². The molecule has 0 atom stereocenters. The van der Waals surface area contributed by atoms with Gasteiger partial charge in [0.1, 0.15) is 11.5 Å². The lowest BCUT2D eigenvalue weighted by molar-refractivity contribution is -0.123. The Bertz CT molecular complexity index is 744. The molecule has 5 nitrogen and oxygen atoms in total. The molecule has 2 rings (SSSR count). The molecule has 0 fully saturated rings. The van der Waals surface area contributed by atoms with E-state index in [9.17, 15) is 9.90 Å². The molecule has 0 radical (unpaired) electrons. The fourth-order valence-electron chi connectivity index (χ4n) is 1.87. The summed E-state index contributed by atoms with van der Waals surface area (Å²) in [6.45, 7) is 3.38. The third-order valence-electron chi connectivity index (χ3n) is 3.14. The first kappa shape index (κ1) is 16.8. The van der Waals surface area contributed by atoms with E-state index in [0.29, 0.717) is 22.0 Å². The van der Waals surface area contributed by atoms with Crippen molar-refractivity contribution in [1.29, 1.82) is 0 Å². The number of amides is 1. The quantitative estimate of drug-likeness (QED) is 0.652. The number of rotatable bonds is 5. The molecule has 0 aromatic heterocycles. The van der Waals surface area contributed by atoms with Crippen LogP contribution < -0.4 is 10.2 Å². The standard InChI is InChI=1S/C17H17ClN2O3/c1-11-9-13(7-8-15(11)18)23-10-17(22)20-19-12(2)14-5-3-4-6-16(14)21/h3-9,21H,10H2,1-2H3,(H,20,22). The van der Waals surface area contributed by atoms with Crippen LogP contribution in [0.3, 0.4) is 0 Å². The highest BCUT2D eigenvalue weighted by Gasteiger charge is 2.06. The molecule has 120 valence electrons. The van der Waals surface area contributed by atoms with E-state index < -0.39 is 5.91 Å². The molecule has 0 bridgehead atoms. The molecule has 0 heterocycles. The second-order valence-electron chi connectivity index (χ2n) is 4.95. The number of carbonyl (C=O) groups excluding carboxylic acids is 1. The number of nitrogens with one attached hydrogen (secondary N) is 1. The fraction of sp³-hybridized carbons (Fsp3) is 0.176. The molecule has 2 aromatic rings. The summed E-state index contributed by atoms with van der Waals surface area (Å²) < 4.78 is 5.38. The van der Waals surface area contributed by atoms with Gasteiger partial charge in [-0.15, -0.1) is 0 Å². The zero-order chi connectivity index (χ0) is 16.8. The third-order valence-corrected chi connectivity index (χ3v) is 3.57. The van der Waals surface area contributed by atoms with Crippen LogP contribution in [0.1, 0.15) is 18.1 Å². The average molecular weight is 333 g/mol. The number of halogens is 1. The normalized spacial score (nSPS) is 11.2. The number of hydrazone groups is 1. The van der Waals surface area contributed by atoms with Gasteiger partial charge in [0.2, 0.25) is 0 Å². The Morgan fingerprint density at radius 2 is 2.04 bits per heavy atom. The number of aryl methyl sites for hydroxylation is 1. The van der Waals surface area contributed by atoms with Gasteiger partial charge in [0.25, 0.3) is 5.91 Å². The van der Waals surface area contributed by atoms with E-state index in [1.165, 1.54) is 0 Å². The van der Waals surface area contributed by atoms with E-state index in [0.717, 1.165) is 5.56 Å². The van der Waals surface area contributed by atoms with Gasteiger partial charge >= 0.3 is 0 Å². The van der Waals surface area contributed by atoms with E-state index in [1.807, 2.05) is 6.92 Å². The second-order valence-corrected chi connectivity index (χ2v) is 5.36. The van der Waals surface area contributed by atoms with E-state index >= 15 is 0 Å². The molecule has 0 spiro atoms. The van der Waals surface area contributed by atoms with Gasteiger partial charge in [-0.3, -0.25) is 4.79 Å². The lowest BCUT2D eigenvalue weighted by Crippen LogP contribution is -2.25. The highest BCUT2D eigenvalue weighted by Crippen LogP contribution is 2.21. The van der Waals surface area contributed by atoms with Gasteiger partial charge in [-0.05, 0) is 49.7 Å². The number of hydrogen-bond acceptors (Lipinski definition) is 4. The highest BCUT2D eigenvalue weighted by molar-refractivity contribution is 6.31. The van der Waals surface area contributed by atoms with Crippen molar-refractivity contribution < 1.29 is 14.6 Å². The number of phenols is 1. The number of carbonyl (C=O) groups is 1. The summed E-state index contributed by atoms with van der Waals surface area (Å²) in [4.78, 5) is 11.8. The number of ether oxygens (including phenoxy) is 1. The number of para-hydroxylation sites is 1. The molecule has 0 aliphatic heterocycles. The Hall–Kier alpha value is -2.53. The van der Waals surface area contributed by atoms with Crippen LogP contribution in [0.5, 0.6) is 11.5 Å². The summed E-state index contributed by atoms with van der Waals surface area (Å²) in [7, 11) is 0. The molecule has 0 unspecified atom stereocenters. The van der Waals surface area contributed by atoms with Crippen molar-refractivity contribution in [2.24, 2.45) is 5.10 Å². The largest absolute Gasteiger partial charge is 0.507 e. The van der Waals surface area contributed by atoms with Crippen LogP contribution in [0, 0.1) is 6.92 Å². The summed E-state index contributed by atoms with van der Waals surface area (Å²) in [6, 6.07) is 11.9. The van der Waals surface area contributed by atoms with Crippen LogP contribution >= 0.6 is 11.6 Å². The number of aromatic hydroxyl groups is 1. The molecule has 1 amide bonds. The van der Waals surface area contributed by atoms with E-state index in [2.05, 4.69) is 10.5 Å². The maximum Gasteiger partial charge on any atom is 0.277 e. The average Bonchev–Trinajstić information content (AvgIpc) is 2.54. The number of nitrogens with zero attached hydrogens (tertiary/aromatic N) is 1. The second kappa shape index (κ2) is 7.65. The summed E-state index contributed by atoms with van der Waals surface area (Å²) in [6.07, 6.45) is 0. The number of phenolic OH excluding ortho intramolecular Hbond substituents is 1. The zero-order valence-corrected chi connectivity index (χ0v) is 13.6. The van der Waals surface area contributed by atoms with Crippen LogP contribution in [0.25, 0.3) is 0 Å². The molecule has 0 saturated heterocycles.